The molecule has 3 N–H and O–H groups in total. The van der Waals surface area contributed by atoms with Crippen LogP contribution in [0.1, 0.15) is 28.0 Å². The average molecular weight is 376 g/mol. The molecule has 1 heterocycles. The number of benzene rings is 2. The predicted molar refractivity (Wildman–Crippen MR) is 109 cm³/mol. The highest BCUT2D eigenvalue weighted by molar-refractivity contribution is 5.93. The number of aromatic amines is 1. The van der Waals surface area contributed by atoms with Crippen LogP contribution in [0.4, 0.5) is 0 Å². The second-order valence-electron chi connectivity index (χ2n) is 6.66. The zero-order valence-corrected chi connectivity index (χ0v) is 15.9. The van der Waals surface area contributed by atoms with Gasteiger partial charge in [0.1, 0.15) is 5.69 Å². The average Bonchev–Trinajstić information content (AvgIpc) is 3.19. The van der Waals surface area contributed by atoms with Crippen molar-refractivity contribution in [2.24, 2.45) is 0 Å². The van der Waals surface area contributed by atoms with Gasteiger partial charge < -0.3 is 10.6 Å². The van der Waals surface area contributed by atoms with Gasteiger partial charge in [-0.2, -0.15) is 5.10 Å². The number of nitrogens with zero attached hydrogens (tertiary/aromatic N) is 1. The van der Waals surface area contributed by atoms with Crippen molar-refractivity contribution in [2.75, 3.05) is 13.1 Å². The molecular formula is C22H24N4O2. The number of H-pyrrole nitrogens is 1. The summed E-state index contributed by atoms with van der Waals surface area (Å²) in [5.74, 6) is -0.223. The number of aromatic nitrogens is 2. The quantitative estimate of drug-likeness (QED) is 0.528. The zero-order valence-electron chi connectivity index (χ0n) is 15.9. The fourth-order valence-electron chi connectivity index (χ4n) is 2.88. The van der Waals surface area contributed by atoms with E-state index in [1.807, 2.05) is 61.5 Å². The van der Waals surface area contributed by atoms with Crippen molar-refractivity contribution in [3.8, 4) is 11.3 Å². The summed E-state index contributed by atoms with van der Waals surface area (Å²) < 4.78 is 0. The van der Waals surface area contributed by atoms with Crippen LogP contribution in [0.15, 0.2) is 60.7 Å². The minimum absolute atomic E-state index is 0.0157. The largest absolute Gasteiger partial charge is 0.356 e. The molecule has 0 spiro atoms. The van der Waals surface area contributed by atoms with Gasteiger partial charge in [-0.05, 0) is 25.0 Å². The van der Waals surface area contributed by atoms with E-state index in [9.17, 15) is 9.59 Å². The van der Waals surface area contributed by atoms with Crippen LogP contribution in [-0.2, 0) is 11.2 Å². The molecule has 0 saturated heterocycles. The summed E-state index contributed by atoms with van der Waals surface area (Å²) in [7, 11) is 0. The number of aryl methyl sites for hydroxylation is 1. The van der Waals surface area contributed by atoms with E-state index in [1.165, 1.54) is 0 Å². The fourth-order valence-corrected chi connectivity index (χ4v) is 2.88. The van der Waals surface area contributed by atoms with Crippen LogP contribution in [0.3, 0.4) is 0 Å². The topological polar surface area (TPSA) is 86.9 Å². The third kappa shape index (κ3) is 5.54. The molecule has 0 saturated carbocycles. The minimum atomic E-state index is -0.208. The lowest BCUT2D eigenvalue weighted by atomic mass is 10.1. The molecule has 1 aromatic heterocycles. The first kappa shape index (κ1) is 19.4. The van der Waals surface area contributed by atoms with Gasteiger partial charge in [-0.1, -0.05) is 60.2 Å². The maximum absolute atomic E-state index is 12.2. The van der Waals surface area contributed by atoms with Crippen LogP contribution in [0.2, 0.25) is 0 Å². The molecule has 3 rings (SSSR count). The number of hydrogen-bond acceptors (Lipinski definition) is 3. The second-order valence-corrected chi connectivity index (χ2v) is 6.66. The van der Waals surface area contributed by atoms with Crippen molar-refractivity contribution < 1.29 is 9.59 Å². The van der Waals surface area contributed by atoms with E-state index in [-0.39, 0.29) is 11.8 Å². The molecule has 6 heteroatoms. The Kier molecular flexibility index (Phi) is 6.57. The molecule has 0 aliphatic carbocycles. The summed E-state index contributed by atoms with van der Waals surface area (Å²) in [4.78, 5) is 24.2. The van der Waals surface area contributed by atoms with Crippen molar-refractivity contribution in [2.45, 2.75) is 19.8 Å². The Morgan fingerprint density at radius 3 is 2.54 bits per heavy atom. The van der Waals surface area contributed by atoms with Crippen LogP contribution in [-0.4, -0.2) is 35.1 Å². The van der Waals surface area contributed by atoms with Gasteiger partial charge in [-0.15, -0.1) is 0 Å². The van der Waals surface area contributed by atoms with Crippen LogP contribution in [0, 0.1) is 6.92 Å². The van der Waals surface area contributed by atoms with E-state index in [0.717, 1.165) is 22.4 Å². The number of hydrogen-bond donors (Lipinski definition) is 3. The van der Waals surface area contributed by atoms with E-state index in [1.54, 1.807) is 6.07 Å². The lowest BCUT2D eigenvalue weighted by molar-refractivity contribution is -0.120. The normalized spacial score (nSPS) is 10.5. The Morgan fingerprint density at radius 2 is 1.75 bits per heavy atom. The molecule has 2 aromatic carbocycles. The SMILES string of the molecule is Cc1cccc(CC(=O)NCCCNC(=O)c2cc(-c3ccccc3)n[nH]2)c1. The highest BCUT2D eigenvalue weighted by Gasteiger charge is 2.10. The molecule has 0 bridgehead atoms. The highest BCUT2D eigenvalue weighted by atomic mass is 16.2. The van der Waals surface area contributed by atoms with E-state index in [2.05, 4.69) is 20.8 Å². The Balaban J connectivity index is 1.37. The lowest BCUT2D eigenvalue weighted by Gasteiger charge is -2.07. The van der Waals surface area contributed by atoms with Gasteiger partial charge in [-0.3, -0.25) is 14.7 Å². The molecule has 0 radical (unpaired) electrons. The molecule has 144 valence electrons. The van der Waals surface area contributed by atoms with E-state index >= 15 is 0 Å². The van der Waals surface area contributed by atoms with Crippen molar-refractivity contribution >= 4 is 11.8 Å². The highest BCUT2D eigenvalue weighted by Crippen LogP contribution is 2.16. The number of carbonyl (C=O) groups is 2. The van der Waals surface area contributed by atoms with E-state index in [4.69, 9.17) is 0 Å². The number of nitrogens with one attached hydrogen (secondary N) is 3. The van der Waals surface area contributed by atoms with Crippen molar-refractivity contribution in [1.82, 2.24) is 20.8 Å². The number of amides is 2. The molecule has 2 amide bonds. The first-order chi connectivity index (χ1) is 13.6. The van der Waals surface area contributed by atoms with Crippen molar-refractivity contribution in [3.05, 3.63) is 77.5 Å². The van der Waals surface area contributed by atoms with Gasteiger partial charge in [0, 0.05) is 18.7 Å². The first-order valence-electron chi connectivity index (χ1n) is 9.33. The lowest BCUT2D eigenvalue weighted by Crippen LogP contribution is -2.30. The third-order valence-electron chi connectivity index (χ3n) is 4.30. The second kappa shape index (κ2) is 9.50. The number of rotatable bonds is 8. The van der Waals surface area contributed by atoms with E-state index in [0.29, 0.717) is 31.6 Å². The van der Waals surface area contributed by atoms with Crippen LogP contribution in [0.25, 0.3) is 11.3 Å². The van der Waals surface area contributed by atoms with Crippen LogP contribution in [0.5, 0.6) is 0 Å². The van der Waals surface area contributed by atoms with Crippen molar-refractivity contribution in [3.63, 3.8) is 0 Å². The minimum Gasteiger partial charge on any atom is -0.356 e. The molecule has 0 unspecified atom stereocenters. The molecule has 0 fully saturated rings. The maximum atomic E-state index is 12.2. The summed E-state index contributed by atoms with van der Waals surface area (Å²) in [5, 5.41) is 12.7. The summed E-state index contributed by atoms with van der Waals surface area (Å²) in [6.45, 7) is 3.00. The van der Waals surface area contributed by atoms with Gasteiger partial charge in [-0.25, -0.2) is 0 Å². The molecule has 0 aliphatic heterocycles. The van der Waals surface area contributed by atoms with Crippen LogP contribution < -0.4 is 10.6 Å². The van der Waals surface area contributed by atoms with E-state index < -0.39 is 0 Å². The van der Waals surface area contributed by atoms with Gasteiger partial charge in [0.2, 0.25) is 5.91 Å². The smallest absolute Gasteiger partial charge is 0.269 e. The standard InChI is InChI=1S/C22H24N4O2/c1-16-7-5-8-17(13-16)14-21(27)23-11-6-12-24-22(28)20-15-19(25-26-20)18-9-3-2-4-10-18/h2-5,7-10,13,15H,6,11-12,14H2,1H3,(H,23,27)(H,24,28)(H,25,26). The Labute approximate surface area is 164 Å². The van der Waals surface area contributed by atoms with Gasteiger partial charge in [0.05, 0.1) is 12.1 Å². The molecular weight excluding hydrogens is 352 g/mol. The molecule has 6 nitrogen and oxygen atoms in total. The maximum Gasteiger partial charge on any atom is 0.269 e. The Bertz CT molecular complexity index is 934. The Morgan fingerprint density at radius 1 is 0.964 bits per heavy atom. The summed E-state index contributed by atoms with van der Waals surface area (Å²) in [5.41, 5.74) is 4.24. The van der Waals surface area contributed by atoms with Crippen LogP contribution >= 0.6 is 0 Å². The third-order valence-corrected chi connectivity index (χ3v) is 4.30. The molecule has 3 aromatic rings. The number of carbonyl (C=O) groups excluding carboxylic acids is 2. The summed E-state index contributed by atoms with van der Waals surface area (Å²) >= 11 is 0. The monoisotopic (exact) mass is 376 g/mol. The summed E-state index contributed by atoms with van der Waals surface area (Å²) in [6.07, 6.45) is 1.02. The fraction of sp³-hybridized carbons (Fsp3) is 0.227. The van der Waals surface area contributed by atoms with Gasteiger partial charge in [0.25, 0.3) is 5.91 Å². The molecule has 0 aliphatic rings. The van der Waals surface area contributed by atoms with Gasteiger partial charge >= 0.3 is 0 Å². The summed E-state index contributed by atoms with van der Waals surface area (Å²) in [6, 6.07) is 19.3. The zero-order chi connectivity index (χ0) is 19.8. The molecule has 0 atom stereocenters. The Hall–Kier alpha value is -3.41. The molecule has 28 heavy (non-hydrogen) atoms. The van der Waals surface area contributed by atoms with Crippen molar-refractivity contribution in [1.29, 1.82) is 0 Å². The predicted octanol–water partition coefficient (Wildman–Crippen LogP) is 2.86. The first-order valence-corrected chi connectivity index (χ1v) is 9.33. The van der Waals surface area contributed by atoms with Gasteiger partial charge in [0.15, 0.2) is 0 Å².